The number of phenolic OH excluding ortho intramolecular Hbond substituents is 1. The number of ether oxygens (including phenoxy) is 1. The Balaban J connectivity index is 1.73. The van der Waals surface area contributed by atoms with Crippen molar-refractivity contribution in [3.63, 3.8) is 0 Å². The molecule has 26 heavy (non-hydrogen) atoms. The first kappa shape index (κ1) is 17.2. The average Bonchev–Trinajstić information content (AvgIpc) is 2.62. The third-order valence-electron chi connectivity index (χ3n) is 3.55. The second-order valence-electron chi connectivity index (χ2n) is 5.47. The van der Waals surface area contributed by atoms with E-state index in [1.165, 1.54) is 12.1 Å². The number of carbonyl (C=O) groups is 1. The van der Waals surface area contributed by atoms with Gasteiger partial charge in [0.1, 0.15) is 11.3 Å². The van der Waals surface area contributed by atoms with E-state index in [-0.39, 0.29) is 35.6 Å². The fourth-order valence-electron chi connectivity index (χ4n) is 2.25. The molecule has 0 radical (unpaired) electrons. The molecule has 8 heteroatoms. The molecule has 1 aromatic heterocycles. The van der Waals surface area contributed by atoms with Crippen molar-refractivity contribution in [1.29, 1.82) is 0 Å². The smallest absolute Gasteiger partial charge is 0.342 e. The summed E-state index contributed by atoms with van der Waals surface area (Å²) in [7, 11) is 0. The highest BCUT2D eigenvalue weighted by Gasteiger charge is 2.13. The summed E-state index contributed by atoms with van der Waals surface area (Å²) in [5.74, 6) is -0.396. The Morgan fingerprint density at radius 2 is 1.85 bits per heavy atom. The monoisotopic (exact) mass is 351 g/mol. The Labute approximate surface area is 149 Å². The summed E-state index contributed by atoms with van der Waals surface area (Å²) in [4.78, 5) is 24.2. The van der Waals surface area contributed by atoms with Crippen molar-refractivity contribution in [2.24, 2.45) is 0 Å². The molecule has 0 aliphatic heterocycles. The number of rotatable bonds is 5. The summed E-state index contributed by atoms with van der Waals surface area (Å²) >= 11 is 0. The molecule has 1 heterocycles. The van der Waals surface area contributed by atoms with E-state index in [0.29, 0.717) is 0 Å². The highest BCUT2D eigenvalue weighted by molar-refractivity contribution is 5.92. The van der Waals surface area contributed by atoms with E-state index >= 15 is 0 Å². The molecular formula is C18H17N5O3. The Kier molecular flexibility index (Phi) is 4.93. The summed E-state index contributed by atoms with van der Waals surface area (Å²) in [6.07, 6.45) is 0. The van der Waals surface area contributed by atoms with Crippen molar-refractivity contribution < 1.29 is 14.6 Å². The molecular weight excluding hydrogens is 334 g/mol. The van der Waals surface area contributed by atoms with Gasteiger partial charge in [-0.2, -0.15) is 15.0 Å². The second kappa shape index (κ2) is 7.47. The van der Waals surface area contributed by atoms with Crippen LogP contribution in [0.2, 0.25) is 0 Å². The van der Waals surface area contributed by atoms with Crippen molar-refractivity contribution in [1.82, 2.24) is 15.0 Å². The van der Waals surface area contributed by atoms with Gasteiger partial charge in [0.2, 0.25) is 11.9 Å². The van der Waals surface area contributed by atoms with Crippen molar-refractivity contribution in [2.75, 3.05) is 11.1 Å². The zero-order chi connectivity index (χ0) is 18.5. The zero-order valence-electron chi connectivity index (χ0n) is 14.0. The Morgan fingerprint density at radius 3 is 2.62 bits per heavy atom. The number of phenols is 1. The van der Waals surface area contributed by atoms with Gasteiger partial charge < -0.3 is 20.9 Å². The number of nitrogen functional groups attached to an aromatic ring is 1. The lowest BCUT2D eigenvalue weighted by Gasteiger charge is -2.10. The SMILES string of the molecule is Cc1ccccc1Nc1nc(N)nc(COC(=O)c2ccccc2O)n1. The summed E-state index contributed by atoms with van der Waals surface area (Å²) in [5.41, 5.74) is 7.61. The maximum atomic E-state index is 12.0. The second-order valence-corrected chi connectivity index (χ2v) is 5.47. The van der Waals surface area contributed by atoms with Gasteiger partial charge >= 0.3 is 5.97 Å². The van der Waals surface area contributed by atoms with Crippen LogP contribution in [0.1, 0.15) is 21.7 Å². The molecule has 0 saturated heterocycles. The minimum Gasteiger partial charge on any atom is -0.507 e. The summed E-state index contributed by atoms with van der Waals surface area (Å²) in [6, 6.07) is 13.7. The van der Waals surface area contributed by atoms with E-state index in [1.807, 2.05) is 31.2 Å². The van der Waals surface area contributed by atoms with Crippen LogP contribution >= 0.6 is 0 Å². The molecule has 0 unspecified atom stereocenters. The number of anilines is 3. The predicted octanol–water partition coefficient (Wildman–Crippen LogP) is 2.57. The van der Waals surface area contributed by atoms with Gasteiger partial charge in [-0.1, -0.05) is 30.3 Å². The van der Waals surface area contributed by atoms with Crippen LogP contribution in [0.4, 0.5) is 17.6 Å². The Morgan fingerprint density at radius 1 is 1.12 bits per heavy atom. The Hall–Kier alpha value is -3.68. The highest BCUT2D eigenvalue weighted by Crippen LogP contribution is 2.19. The minimum atomic E-state index is -0.685. The number of aryl methyl sites for hydroxylation is 1. The van der Waals surface area contributed by atoms with E-state index in [2.05, 4.69) is 20.3 Å². The number of benzene rings is 2. The van der Waals surface area contributed by atoms with Gasteiger partial charge in [0.25, 0.3) is 0 Å². The number of hydrogen-bond donors (Lipinski definition) is 3. The van der Waals surface area contributed by atoms with Crippen LogP contribution < -0.4 is 11.1 Å². The molecule has 3 aromatic rings. The maximum absolute atomic E-state index is 12.0. The fraction of sp³-hybridized carbons (Fsp3) is 0.111. The molecule has 0 atom stereocenters. The van der Waals surface area contributed by atoms with E-state index in [1.54, 1.807) is 12.1 Å². The van der Waals surface area contributed by atoms with Gasteiger partial charge in [-0.15, -0.1) is 0 Å². The van der Waals surface area contributed by atoms with E-state index in [0.717, 1.165) is 11.3 Å². The van der Waals surface area contributed by atoms with Gasteiger partial charge in [-0.05, 0) is 30.7 Å². The van der Waals surface area contributed by atoms with Crippen molar-refractivity contribution in [2.45, 2.75) is 13.5 Å². The summed E-state index contributed by atoms with van der Waals surface area (Å²) in [5, 5.41) is 12.7. The maximum Gasteiger partial charge on any atom is 0.342 e. The number of carbonyl (C=O) groups excluding carboxylic acids is 1. The molecule has 0 fully saturated rings. The predicted molar refractivity (Wildman–Crippen MR) is 95.9 cm³/mol. The molecule has 2 aromatic carbocycles. The molecule has 0 bridgehead atoms. The van der Waals surface area contributed by atoms with Crippen LogP contribution in [0.15, 0.2) is 48.5 Å². The first-order chi connectivity index (χ1) is 12.5. The number of nitrogens with one attached hydrogen (secondary N) is 1. The summed E-state index contributed by atoms with van der Waals surface area (Å²) < 4.78 is 5.14. The quantitative estimate of drug-likeness (QED) is 0.599. The van der Waals surface area contributed by atoms with E-state index in [4.69, 9.17) is 10.5 Å². The minimum absolute atomic E-state index is 0.00434. The molecule has 0 aliphatic carbocycles. The van der Waals surface area contributed by atoms with Crippen LogP contribution in [0.5, 0.6) is 5.75 Å². The van der Waals surface area contributed by atoms with Crippen molar-refractivity contribution >= 4 is 23.6 Å². The summed E-state index contributed by atoms with van der Waals surface area (Å²) in [6.45, 7) is 1.74. The van der Waals surface area contributed by atoms with Crippen LogP contribution in [0.25, 0.3) is 0 Å². The van der Waals surface area contributed by atoms with Crippen LogP contribution in [0, 0.1) is 6.92 Å². The number of nitrogens with zero attached hydrogens (tertiary/aromatic N) is 3. The fourth-order valence-corrected chi connectivity index (χ4v) is 2.25. The largest absolute Gasteiger partial charge is 0.507 e. The zero-order valence-corrected chi connectivity index (χ0v) is 14.0. The lowest BCUT2D eigenvalue weighted by molar-refractivity contribution is 0.0459. The molecule has 8 nitrogen and oxygen atoms in total. The first-order valence-electron chi connectivity index (χ1n) is 7.81. The number of aromatic hydroxyl groups is 1. The lowest BCUT2D eigenvalue weighted by Crippen LogP contribution is -2.11. The number of para-hydroxylation sites is 2. The molecule has 0 spiro atoms. The molecule has 0 amide bonds. The van der Waals surface area contributed by atoms with Crippen molar-refractivity contribution in [3.8, 4) is 5.75 Å². The Bertz CT molecular complexity index is 946. The number of nitrogens with two attached hydrogens (primary N) is 1. The van der Waals surface area contributed by atoms with Crippen molar-refractivity contribution in [3.05, 3.63) is 65.5 Å². The average molecular weight is 351 g/mol. The van der Waals surface area contributed by atoms with E-state index in [9.17, 15) is 9.90 Å². The van der Waals surface area contributed by atoms with Gasteiger partial charge in [-0.3, -0.25) is 0 Å². The van der Waals surface area contributed by atoms with Crippen LogP contribution in [-0.2, 0) is 11.3 Å². The molecule has 4 N–H and O–H groups in total. The molecule has 0 aliphatic rings. The van der Waals surface area contributed by atoms with Gasteiger partial charge in [0.15, 0.2) is 12.4 Å². The normalized spacial score (nSPS) is 10.3. The standard InChI is InChI=1S/C18H17N5O3/c1-11-6-2-4-8-13(11)20-18-22-15(21-17(19)23-18)10-26-16(25)12-7-3-5-9-14(12)24/h2-9,24H,10H2,1H3,(H3,19,20,21,22,23). The van der Waals surface area contributed by atoms with Crippen LogP contribution in [0.3, 0.4) is 0 Å². The molecule has 132 valence electrons. The number of esters is 1. The third kappa shape index (κ3) is 4.04. The van der Waals surface area contributed by atoms with Crippen LogP contribution in [-0.4, -0.2) is 26.0 Å². The topological polar surface area (TPSA) is 123 Å². The highest BCUT2D eigenvalue weighted by atomic mass is 16.5. The first-order valence-corrected chi connectivity index (χ1v) is 7.81. The van der Waals surface area contributed by atoms with Gasteiger partial charge in [-0.25, -0.2) is 4.79 Å². The third-order valence-corrected chi connectivity index (χ3v) is 3.55. The molecule has 3 rings (SSSR count). The number of hydrogen-bond acceptors (Lipinski definition) is 8. The van der Waals surface area contributed by atoms with Gasteiger partial charge in [0, 0.05) is 5.69 Å². The molecule has 0 saturated carbocycles. The lowest BCUT2D eigenvalue weighted by atomic mass is 10.2. The van der Waals surface area contributed by atoms with Gasteiger partial charge in [0.05, 0.1) is 0 Å². The van der Waals surface area contributed by atoms with E-state index < -0.39 is 5.97 Å². The number of aromatic nitrogens is 3.